The molecule has 3 nitrogen and oxygen atoms in total. The lowest BCUT2D eigenvalue weighted by atomic mass is 9.78. The van der Waals surface area contributed by atoms with Crippen molar-refractivity contribution in [1.82, 2.24) is 9.88 Å². The van der Waals surface area contributed by atoms with Crippen LogP contribution >= 0.6 is 0 Å². The van der Waals surface area contributed by atoms with Gasteiger partial charge in [-0.15, -0.1) is 0 Å². The van der Waals surface area contributed by atoms with Gasteiger partial charge in [0.1, 0.15) is 0 Å². The predicted molar refractivity (Wildman–Crippen MR) is 84.4 cm³/mol. The minimum atomic E-state index is 0.486. The molecule has 1 aromatic heterocycles. The Morgan fingerprint density at radius 1 is 1.40 bits per heavy atom. The maximum absolute atomic E-state index is 6.07. The lowest BCUT2D eigenvalue weighted by Gasteiger charge is -2.37. The molecule has 0 aromatic carbocycles. The summed E-state index contributed by atoms with van der Waals surface area (Å²) in [5.41, 5.74) is 8.31. The number of likely N-dealkylation sites (N-methyl/N-ethyl adjacent to an activating group) is 1. The molecule has 2 rings (SSSR count). The molecular formula is C17H29N3. The molecule has 1 aliphatic rings. The largest absolute Gasteiger partial charge is 0.329 e. The smallest absolute Gasteiger partial charge is 0.0547 e. The third-order valence-electron chi connectivity index (χ3n) is 4.69. The van der Waals surface area contributed by atoms with Crippen LogP contribution in [0.3, 0.4) is 0 Å². The second-order valence-electron chi connectivity index (χ2n) is 6.52. The fourth-order valence-corrected chi connectivity index (χ4v) is 3.62. The van der Waals surface area contributed by atoms with Crippen molar-refractivity contribution in [3.05, 3.63) is 29.6 Å². The van der Waals surface area contributed by atoms with E-state index in [-0.39, 0.29) is 0 Å². The summed E-state index contributed by atoms with van der Waals surface area (Å²) in [6.07, 6.45) is 5.40. The molecule has 3 heteroatoms. The van der Waals surface area contributed by atoms with Crippen molar-refractivity contribution >= 4 is 0 Å². The molecular weight excluding hydrogens is 246 g/mol. The Bertz CT molecular complexity index is 418. The molecule has 1 aliphatic carbocycles. The summed E-state index contributed by atoms with van der Waals surface area (Å²) in [5, 5.41) is 0. The predicted octanol–water partition coefficient (Wildman–Crippen LogP) is 2.98. The van der Waals surface area contributed by atoms with Crippen molar-refractivity contribution in [3.8, 4) is 0 Å². The first-order chi connectivity index (χ1) is 9.60. The molecule has 0 spiro atoms. The van der Waals surface area contributed by atoms with Crippen LogP contribution in [0, 0.1) is 18.8 Å². The fourth-order valence-electron chi connectivity index (χ4n) is 3.62. The van der Waals surface area contributed by atoms with E-state index >= 15 is 0 Å². The van der Waals surface area contributed by atoms with E-state index in [9.17, 15) is 0 Å². The molecule has 3 unspecified atom stereocenters. The first kappa shape index (κ1) is 15.5. The summed E-state index contributed by atoms with van der Waals surface area (Å²) < 4.78 is 0. The standard InChI is InChI=1S/C17H29N3/c1-13-6-4-8-15(10-13)17(11-18)20(3)12-16-9-5-7-14(2)19-16/h5,7,9,13,15,17H,4,6,8,10-12,18H2,1-3H3. The van der Waals surface area contributed by atoms with E-state index in [1.54, 1.807) is 0 Å². The maximum atomic E-state index is 6.07. The summed E-state index contributed by atoms with van der Waals surface area (Å²) in [7, 11) is 2.20. The van der Waals surface area contributed by atoms with Gasteiger partial charge < -0.3 is 5.73 Å². The van der Waals surface area contributed by atoms with Crippen LogP contribution in [0.5, 0.6) is 0 Å². The van der Waals surface area contributed by atoms with E-state index in [1.807, 2.05) is 13.0 Å². The van der Waals surface area contributed by atoms with Gasteiger partial charge in [-0.3, -0.25) is 9.88 Å². The summed E-state index contributed by atoms with van der Waals surface area (Å²) in [6.45, 7) is 6.07. The Morgan fingerprint density at radius 2 is 2.20 bits per heavy atom. The summed E-state index contributed by atoms with van der Waals surface area (Å²) in [5.74, 6) is 1.60. The van der Waals surface area contributed by atoms with Gasteiger partial charge in [0.05, 0.1) is 5.69 Å². The zero-order valence-electron chi connectivity index (χ0n) is 13.2. The molecule has 3 atom stereocenters. The molecule has 1 aromatic rings. The second kappa shape index (κ2) is 7.19. The van der Waals surface area contributed by atoms with Crippen molar-refractivity contribution in [1.29, 1.82) is 0 Å². The average molecular weight is 275 g/mol. The topological polar surface area (TPSA) is 42.1 Å². The maximum Gasteiger partial charge on any atom is 0.0547 e. The van der Waals surface area contributed by atoms with E-state index in [4.69, 9.17) is 5.73 Å². The van der Waals surface area contributed by atoms with Gasteiger partial charge in [-0.2, -0.15) is 0 Å². The highest BCUT2D eigenvalue weighted by atomic mass is 15.1. The van der Waals surface area contributed by atoms with Crippen LogP contribution in [0.1, 0.15) is 44.0 Å². The molecule has 1 saturated carbocycles. The molecule has 2 N–H and O–H groups in total. The first-order valence-electron chi connectivity index (χ1n) is 7.93. The van der Waals surface area contributed by atoms with Crippen LogP contribution in [-0.2, 0) is 6.54 Å². The quantitative estimate of drug-likeness (QED) is 0.898. The number of hydrogen-bond donors (Lipinski definition) is 1. The minimum Gasteiger partial charge on any atom is -0.329 e. The van der Waals surface area contributed by atoms with Gasteiger partial charge >= 0.3 is 0 Å². The molecule has 0 saturated heterocycles. The number of rotatable bonds is 5. The Balaban J connectivity index is 1.99. The van der Waals surface area contributed by atoms with E-state index in [1.165, 1.54) is 25.7 Å². The first-order valence-corrected chi connectivity index (χ1v) is 7.93. The van der Waals surface area contributed by atoms with Gasteiger partial charge in [0.2, 0.25) is 0 Å². The van der Waals surface area contributed by atoms with E-state index in [2.05, 4.69) is 36.0 Å². The molecule has 1 fully saturated rings. The molecule has 112 valence electrons. The van der Waals surface area contributed by atoms with Gasteiger partial charge in [-0.05, 0) is 50.8 Å². The van der Waals surface area contributed by atoms with E-state index in [0.29, 0.717) is 6.04 Å². The molecule has 0 amide bonds. The third-order valence-corrected chi connectivity index (χ3v) is 4.69. The number of hydrogen-bond acceptors (Lipinski definition) is 3. The number of nitrogens with two attached hydrogens (primary N) is 1. The molecule has 20 heavy (non-hydrogen) atoms. The van der Waals surface area contributed by atoms with Gasteiger partial charge in [-0.25, -0.2) is 0 Å². The van der Waals surface area contributed by atoms with Crippen LogP contribution < -0.4 is 5.73 Å². The van der Waals surface area contributed by atoms with Gasteiger partial charge in [-0.1, -0.05) is 25.8 Å². The third kappa shape index (κ3) is 4.03. The Morgan fingerprint density at radius 3 is 2.85 bits per heavy atom. The average Bonchev–Trinajstić information content (AvgIpc) is 2.39. The van der Waals surface area contributed by atoms with Crippen LogP contribution in [0.25, 0.3) is 0 Å². The fraction of sp³-hybridized carbons (Fsp3) is 0.706. The summed E-state index contributed by atoms with van der Waals surface area (Å²) >= 11 is 0. The molecule has 0 radical (unpaired) electrons. The van der Waals surface area contributed by atoms with Gasteiger partial charge in [0, 0.05) is 24.8 Å². The summed E-state index contributed by atoms with van der Waals surface area (Å²) in [4.78, 5) is 7.01. The minimum absolute atomic E-state index is 0.486. The highest BCUT2D eigenvalue weighted by Crippen LogP contribution is 2.32. The second-order valence-corrected chi connectivity index (χ2v) is 6.52. The highest BCUT2D eigenvalue weighted by molar-refractivity contribution is 5.10. The monoisotopic (exact) mass is 275 g/mol. The van der Waals surface area contributed by atoms with Crippen molar-refractivity contribution in [3.63, 3.8) is 0 Å². The molecule has 1 heterocycles. The van der Waals surface area contributed by atoms with Crippen LogP contribution in [-0.4, -0.2) is 29.5 Å². The molecule has 0 aliphatic heterocycles. The molecule has 0 bridgehead atoms. The highest BCUT2D eigenvalue weighted by Gasteiger charge is 2.28. The SMILES string of the molecule is Cc1cccc(CN(C)C(CN)C2CCCC(C)C2)n1. The van der Waals surface area contributed by atoms with E-state index in [0.717, 1.165) is 36.3 Å². The lowest BCUT2D eigenvalue weighted by Crippen LogP contribution is -2.44. The van der Waals surface area contributed by atoms with Crippen molar-refractivity contribution in [2.24, 2.45) is 17.6 Å². The Labute approximate surface area is 123 Å². The number of nitrogens with zero attached hydrogens (tertiary/aromatic N) is 2. The van der Waals surface area contributed by atoms with Crippen LogP contribution in [0.15, 0.2) is 18.2 Å². The normalized spacial score (nSPS) is 24.9. The lowest BCUT2D eigenvalue weighted by molar-refractivity contribution is 0.124. The van der Waals surface area contributed by atoms with Crippen LogP contribution in [0.4, 0.5) is 0 Å². The van der Waals surface area contributed by atoms with Crippen LogP contribution in [0.2, 0.25) is 0 Å². The Hall–Kier alpha value is -0.930. The number of aromatic nitrogens is 1. The Kier molecular flexibility index (Phi) is 5.55. The number of aryl methyl sites for hydroxylation is 1. The van der Waals surface area contributed by atoms with Crippen molar-refractivity contribution < 1.29 is 0 Å². The van der Waals surface area contributed by atoms with Gasteiger partial charge in [0.25, 0.3) is 0 Å². The van der Waals surface area contributed by atoms with Gasteiger partial charge in [0.15, 0.2) is 0 Å². The van der Waals surface area contributed by atoms with E-state index < -0.39 is 0 Å². The zero-order chi connectivity index (χ0) is 14.5. The van der Waals surface area contributed by atoms with Crippen molar-refractivity contribution in [2.45, 2.75) is 52.1 Å². The summed E-state index contributed by atoms with van der Waals surface area (Å²) in [6, 6.07) is 6.74. The zero-order valence-corrected chi connectivity index (χ0v) is 13.2. The number of pyridine rings is 1. The van der Waals surface area contributed by atoms with Crippen molar-refractivity contribution in [2.75, 3.05) is 13.6 Å².